The number of anilines is 2. The van der Waals surface area contributed by atoms with E-state index in [-0.39, 0.29) is 42.7 Å². The smallest absolute Gasteiger partial charge is 0.272 e. The van der Waals surface area contributed by atoms with Crippen LogP contribution in [0.15, 0.2) is 36.4 Å². The summed E-state index contributed by atoms with van der Waals surface area (Å²) in [7, 11) is 1.61. The SMILES string of the molecule is Cc1cc(NC(=O)CCC(=O)c2ccc3c(c2)N(C)C(=O)CO3)ccc1[N+](=O)[O-]. The molecule has 0 saturated heterocycles. The lowest BCUT2D eigenvalue weighted by Gasteiger charge is -2.26. The van der Waals surface area contributed by atoms with Gasteiger partial charge in [0.1, 0.15) is 5.75 Å². The zero-order valence-electron chi connectivity index (χ0n) is 15.9. The number of amides is 2. The molecule has 29 heavy (non-hydrogen) atoms. The maximum Gasteiger partial charge on any atom is 0.272 e. The number of fused-ring (bicyclic) bond motifs is 1. The number of benzene rings is 2. The molecule has 1 aliphatic rings. The van der Waals surface area contributed by atoms with Gasteiger partial charge in [-0.15, -0.1) is 0 Å². The number of carbonyl (C=O) groups excluding carboxylic acids is 3. The second kappa shape index (κ2) is 8.09. The van der Waals surface area contributed by atoms with E-state index in [0.29, 0.717) is 28.3 Å². The molecular weight excluding hydrogens is 378 g/mol. The normalized spacial score (nSPS) is 12.8. The Morgan fingerprint density at radius 1 is 1.21 bits per heavy atom. The van der Waals surface area contributed by atoms with E-state index in [9.17, 15) is 24.5 Å². The van der Waals surface area contributed by atoms with E-state index >= 15 is 0 Å². The van der Waals surface area contributed by atoms with Crippen molar-refractivity contribution in [2.75, 3.05) is 23.9 Å². The highest BCUT2D eigenvalue weighted by atomic mass is 16.6. The second-order valence-electron chi connectivity index (χ2n) is 6.65. The molecule has 0 radical (unpaired) electrons. The molecule has 9 nitrogen and oxygen atoms in total. The molecule has 0 saturated carbocycles. The average molecular weight is 397 g/mol. The average Bonchev–Trinajstić information content (AvgIpc) is 2.68. The van der Waals surface area contributed by atoms with Crippen LogP contribution in [0, 0.1) is 17.0 Å². The molecule has 3 rings (SSSR count). The molecule has 1 N–H and O–H groups in total. The number of likely N-dealkylation sites (N-methyl/N-ethyl adjacent to an activating group) is 1. The monoisotopic (exact) mass is 397 g/mol. The minimum Gasteiger partial charge on any atom is -0.482 e. The molecule has 0 aromatic heterocycles. The zero-order valence-corrected chi connectivity index (χ0v) is 15.9. The third-order valence-corrected chi connectivity index (χ3v) is 4.62. The predicted molar refractivity (Wildman–Crippen MR) is 105 cm³/mol. The minimum absolute atomic E-state index is 0.0187. The van der Waals surface area contributed by atoms with Crippen molar-refractivity contribution in [2.45, 2.75) is 19.8 Å². The Labute approximate surface area is 166 Å². The maximum atomic E-state index is 12.5. The Balaban J connectivity index is 1.61. The number of Topliss-reactive ketones (excluding diaryl/α,β-unsaturated/α-hetero) is 1. The van der Waals surface area contributed by atoms with Gasteiger partial charge in [-0.05, 0) is 37.3 Å². The van der Waals surface area contributed by atoms with Crippen LogP contribution in [0.2, 0.25) is 0 Å². The van der Waals surface area contributed by atoms with Gasteiger partial charge in [-0.25, -0.2) is 0 Å². The first-order valence-electron chi connectivity index (χ1n) is 8.88. The van der Waals surface area contributed by atoms with Gasteiger partial charge < -0.3 is 15.0 Å². The Morgan fingerprint density at radius 3 is 2.66 bits per heavy atom. The lowest BCUT2D eigenvalue weighted by atomic mass is 10.0. The van der Waals surface area contributed by atoms with E-state index in [2.05, 4.69) is 5.32 Å². The van der Waals surface area contributed by atoms with Gasteiger partial charge in [0.15, 0.2) is 12.4 Å². The third-order valence-electron chi connectivity index (χ3n) is 4.62. The van der Waals surface area contributed by atoms with E-state index in [4.69, 9.17) is 4.74 Å². The van der Waals surface area contributed by atoms with Gasteiger partial charge >= 0.3 is 0 Å². The first-order chi connectivity index (χ1) is 13.8. The summed E-state index contributed by atoms with van der Waals surface area (Å²) < 4.78 is 5.33. The van der Waals surface area contributed by atoms with Crippen molar-refractivity contribution >= 4 is 34.7 Å². The Morgan fingerprint density at radius 2 is 1.97 bits per heavy atom. The number of nitro benzene ring substituents is 1. The van der Waals surface area contributed by atoms with Crippen LogP contribution in [0.3, 0.4) is 0 Å². The summed E-state index contributed by atoms with van der Waals surface area (Å²) in [5, 5.41) is 13.5. The molecule has 2 amide bonds. The summed E-state index contributed by atoms with van der Waals surface area (Å²) in [5.41, 5.74) is 1.72. The molecule has 0 aliphatic carbocycles. The fourth-order valence-electron chi connectivity index (χ4n) is 2.98. The number of nitrogens with zero attached hydrogens (tertiary/aromatic N) is 2. The third kappa shape index (κ3) is 4.40. The standard InChI is InChI=1S/C20H19N3O6/c1-12-9-14(4-5-15(12)23(27)28)21-19(25)8-6-17(24)13-3-7-18-16(10-13)22(2)20(26)11-29-18/h3-5,7,9-10H,6,8,11H2,1-2H3,(H,21,25). The van der Waals surface area contributed by atoms with Gasteiger partial charge in [-0.3, -0.25) is 24.5 Å². The quantitative estimate of drug-likeness (QED) is 0.455. The van der Waals surface area contributed by atoms with Gasteiger partial charge in [-0.1, -0.05) is 0 Å². The first kappa shape index (κ1) is 20.0. The summed E-state index contributed by atoms with van der Waals surface area (Å²) in [6.45, 7) is 1.54. The van der Waals surface area contributed by atoms with Crippen LogP contribution in [0.4, 0.5) is 17.1 Å². The van der Waals surface area contributed by atoms with Gasteiger partial charge in [0, 0.05) is 42.8 Å². The van der Waals surface area contributed by atoms with E-state index in [1.165, 1.54) is 23.1 Å². The van der Waals surface area contributed by atoms with Crippen LogP contribution in [0.5, 0.6) is 5.75 Å². The zero-order chi connectivity index (χ0) is 21.1. The van der Waals surface area contributed by atoms with Crippen LogP contribution >= 0.6 is 0 Å². The summed E-state index contributed by atoms with van der Waals surface area (Å²) in [4.78, 5) is 48.1. The van der Waals surface area contributed by atoms with Crippen molar-refractivity contribution in [3.63, 3.8) is 0 Å². The van der Waals surface area contributed by atoms with Crippen molar-refractivity contribution in [2.24, 2.45) is 0 Å². The highest BCUT2D eigenvalue weighted by Gasteiger charge is 2.23. The Bertz CT molecular complexity index is 1020. The molecule has 150 valence electrons. The molecule has 2 aromatic rings. The van der Waals surface area contributed by atoms with Gasteiger partial charge in [0.25, 0.3) is 11.6 Å². The number of carbonyl (C=O) groups is 3. The molecule has 0 spiro atoms. The number of ether oxygens (including phenoxy) is 1. The second-order valence-corrected chi connectivity index (χ2v) is 6.65. The molecule has 0 unspecified atom stereocenters. The highest BCUT2D eigenvalue weighted by molar-refractivity contribution is 6.03. The molecule has 1 aliphatic heterocycles. The van der Waals surface area contributed by atoms with Crippen molar-refractivity contribution < 1.29 is 24.0 Å². The van der Waals surface area contributed by atoms with Gasteiger partial charge in [0.2, 0.25) is 5.91 Å². The topological polar surface area (TPSA) is 119 Å². The molecule has 0 atom stereocenters. The number of ketones is 1. The molecular formula is C20H19N3O6. The summed E-state index contributed by atoms with van der Waals surface area (Å²) >= 11 is 0. The number of hydrogen-bond acceptors (Lipinski definition) is 6. The number of nitro groups is 1. The lowest BCUT2D eigenvalue weighted by Crippen LogP contribution is -2.35. The lowest BCUT2D eigenvalue weighted by molar-refractivity contribution is -0.385. The fourth-order valence-corrected chi connectivity index (χ4v) is 2.98. The number of aryl methyl sites for hydroxylation is 1. The number of hydrogen-bond donors (Lipinski definition) is 1. The number of nitrogens with one attached hydrogen (secondary N) is 1. The van der Waals surface area contributed by atoms with E-state index in [0.717, 1.165) is 0 Å². The molecule has 9 heteroatoms. The number of rotatable bonds is 6. The van der Waals surface area contributed by atoms with Crippen LogP contribution in [0.25, 0.3) is 0 Å². The summed E-state index contributed by atoms with van der Waals surface area (Å²) in [5.74, 6) is -0.302. The van der Waals surface area contributed by atoms with Crippen LogP contribution in [-0.4, -0.2) is 36.2 Å². The fraction of sp³-hybridized carbons (Fsp3) is 0.250. The first-order valence-corrected chi connectivity index (χ1v) is 8.88. The molecule has 0 fully saturated rings. The van der Waals surface area contributed by atoms with Gasteiger partial charge in [-0.2, -0.15) is 0 Å². The summed E-state index contributed by atoms with van der Waals surface area (Å²) in [6, 6.07) is 9.08. The molecule has 1 heterocycles. The maximum absolute atomic E-state index is 12.5. The van der Waals surface area contributed by atoms with Crippen LogP contribution in [-0.2, 0) is 9.59 Å². The van der Waals surface area contributed by atoms with Crippen molar-refractivity contribution in [1.82, 2.24) is 0 Å². The van der Waals surface area contributed by atoms with E-state index in [1.807, 2.05) is 0 Å². The Hall–Kier alpha value is -3.75. The van der Waals surface area contributed by atoms with Crippen molar-refractivity contribution in [3.8, 4) is 5.75 Å². The van der Waals surface area contributed by atoms with E-state index in [1.54, 1.807) is 32.2 Å². The minimum atomic E-state index is -0.492. The predicted octanol–water partition coefficient (Wildman–Crippen LogP) is 2.86. The van der Waals surface area contributed by atoms with Crippen LogP contribution in [0.1, 0.15) is 28.8 Å². The Kier molecular flexibility index (Phi) is 5.58. The largest absolute Gasteiger partial charge is 0.482 e. The van der Waals surface area contributed by atoms with E-state index < -0.39 is 4.92 Å². The highest BCUT2D eigenvalue weighted by Crippen LogP contribution is 2.32. The summed E-state index contributed by atoms with van der Waals surface area (Å²) in [6.07, 6.45) is -0.0632. The van der Waals surface area contributed by atoms with Gasteiger partial charge in [0.05, 0.1) is 10.6 Å². The van der Waals surface area contributed by atoms with Crippen molar-refractivity contribution in [3.05, 3.63) is 57.6 Å². The van der Waals surface area contributed by atoms with Crippen molar-refractivity contribution in [1.29, 1.82) is 0 Å². The molecule has 2 aromatic carbocycles. The molecule has 0 bridgehead atoms. The van der Waals surface area contributed by atoms with Crippen LogP contribution < -0.4 is 15.0 Å².